The quantitative estimate of drug-likeness (QED) is 0.658. The van der Waals surface area contributed by atoms with Crippen molar-refractivity contribution in [1.82, 2.24) is 4.90 Å². The van der Waals surface area contributed by atoms with Crippen molar-refractivity contribution in [2.75, 3.05) is 12.4 Å². The maximum atomic E-state index is 13.2. The zero-order valence-corrected chi connectivity index (χ0v) is 16.6. The number of ether oxygens (including phenoxy) is 1. The number of methoxy groups -OCH3 is 1. The van der Waals surface area contributed by atoms with Gasteiger partial charge in [-0.3, -0.25) is 14.5 Å². The van der Waals surface area contributed by atoms with Gasteiger partial charge in [0.05, 0.1) is 12.7 Å². The molecule has 3 aromatic carbocycles. The first-order valence-electron chi connectivity index (χ1n) is 9.52. The van der Waals surface area contributed by atoms with Crippen molar-refractivity contribution in [3.63, 3.8) is 0 Å². The summed E-state index contributed by atoms with van der Waals surface area (Å²) in [5, 5.41) is 5.31. The van der Waals surface area contributed by atoms with Crippen LogP contribution in [0.4, 0.5) is 5.69 Å². The first kappa shape index (κ1) is 18.7. The molecule has 0 bridgehead atoms. The van der Waals surface area contributed by atoms with Crippen LogP contribution in [-0.4, -0.2) is 29.9 Å². The maximum absolute atomic E-state index is 13.2. The minimum Gasteiger partial charge on any atom is -0.497 e. The van der Waals surface area contributed by atoms with Crippen LogP contribution in [0.1, 0.15) is 19.4 Å². The monoisotopic (exact) mass is 386 g/mol. The minimum atomic E-state index is -0.316. The molecule has 1 N–H and O–H groups in total. The molecular formula is C24H22N2O3. The first-order chi connectivity index (χ1) is 14.0. The molecule has 0 radical (unpaired) electrons. The number of nitrogens with one attached hydrogen (secondary N) is 1. The number of anilines is 1. The van der Waals surface area contributed by atoms with Crippen LogP contribution < -0.4 is 10.1 Å². The maximum Gasteiger partial charge on any atom is 0.278 e. The molecule has 1 aliphatic heterocycles. The molecule has 0 atom stereocenters. The lowest BCUT2D eigenvalue weighted by atomic mass is 10.0. The average molecular weight is 386 g/mol. The molecule has 5 nitrogen and oxygen atoms in total. The highest BCUT2D eigenvalue weighted by Gasteiger charge is 2.40. The first-order valence-corrected chi connectivity index (χ1v) is 9.52. The molecular weight excluding hydrogens is 364 g/mol. The van der Waals surface area contributed by atoms with Gasteiger partial charge in [-0.2, -0.15) is 0 Å². The third-order valence-corrected chi connectivity index (χ3v) is 5.06. The van der Waals surface area contributed by atoms with Crippen LogP contribution in [0.3, 0.4) is 0 Å². The van der Waals surface area contributed by atoms with E-state index in [0.29, 0.717) is 22.6 Å². The topological polar surface area (TPSA) is 58.6 Å². The molecule has 1 heterocycles. The molecule has 0 fully saturated rings. The van der Waals surface area contributed by atoms with Gasteiger partial charge in [0.2, 0.25) is 0 Å². The predicted molar refractivity (Wildman–Crippen MR) is 114 cm³/mol. The van der Waals surface area contributed by atoms with Gasteiger partial charge in [0, 0.05) is 17.1 Å². The number of fused-ring (bicyclic) bond motifs is 1. The van der Waals surface area contributed by atoms with Crippen LogP contribution >= 0.6 is 0 Å². The number of nitrogens with zero attached hydrogens (tertiary/aromatic N) is 1. The molecule has 1 aliphatic rings. The number of hydrogen-bond acceptors (Lipinski definition) is 4. The number of carbonyl (C=O) groups is 2. The summed E-state index contributed by atoms with van der Waals surface area (Å²) in [4.78, 5) is 27.6. The fraction of sp³-hybridized carbons (Fsp3) is 0.167. The number of amides is 2. The van der Waals surface area contributed by atoms with Crippen molar-refractivity contribution in [3.8, 4) is 5.75 Å². The van der Waals surface area contributed by atoms with Crippen LogP contribution in [0.25, 0.3) is 16.3 Å². The summed E-state index contributed by atoms with van der Waals surface area (Å²) in [6.45, 7) is 3.67. The fourth-order valence-corrected chi connectivity index (χ4v) is 3.63. The van der Waals surface area contributed by atoms with E-state index in [4.69, 9.17) is 4.74 Å². The molecule has 0 saturated heterocycles. The second kappa shape index (κ2) is 7.43. The molecule has 29 heavy (non-hydrogen) atoms. The van der Waals surface area contributed by atoms with E-state index in [-0.39, 0.29) is 17.9 Å². The third kappa shape index (κ3) is 3.25. The highest BCUT2D eigenvalue weighted by Crippen LogP contribution is 2.34. The van der Waals surface area contributed by atoms with E-state index < -0.39 is 0 Å². The van der Waals surface area contributed by atoms with Gasteiger partial charge in [0.25, 0.3) is 11.8 Å². The Balaban J connectivity index is 1.85. The average Bonchev–Trinajstić information content (AvgIpc) is 2.98. The lowest BCUT2D eigenvalue weighted by molar-refractivity contribution is -0.138. The van der Waals surface area contributed by atoms with Crippen molar-refractivity contribution >= 4 is 33.8 Å². The Morgan fingerprint density at radius 1 is 0.862 bits per heavy atom. The number of imide groups is 1. The van der Waals surface area contributed by atoms with Crippen molar-refractivity contribution in [2.24, 2.45) is 0 Å². The smallest absolute Gasteiger partial charge is 0.278 e. The summed E-state index contributed by atoms with van der Waals surface area (Å²) in [5.41, 5.74) is 2.13. The van der Waals surface area contributed by atoms with E-state index in [0.717, 1.165) is 16.5 Å². The van der Waals surface area contributed by atoms with E-state index >= 15 is 0 Å². The highest BCUT2D eigenvalue weighted by atomic mass is 16.5. The van der Waals surface area contributed by atoms with Gasteiger partial charge in [-0.1, -0.05) is 48.5 Å². The Labute approximate surface area is 169 Å². The fourth-order valence-electron chi connectivity index (χ4n) is 3.63. The van der Waals surface area contributed by atoms with E-state index in [1.165, 1.54) is 4.90 Å². The van der Waals surface area contributed by atoms with Gasteiger partial charge in [0.15, 0.2) is 0 Å². The highest BCUT2D eigenvalue weighted by molar-refractivity contribution is 6.36. The van der Waals surface area contributed by atoms with E-state index in [2.05, 4.69) is 5.32 Å². The van der Waals surface area contributed by atoms with Crippen molar-refractivity contribution in [1.29, 1.82) is 0 Å². The number of benzene rings is 3. The van der Waals surface area contributed by atoms with Crippen molar-refractivity contribution < 1.29 is 14.3 Å². The van der Waals surface area contributed by atoms with Crippen LogP contribution in [0.5, 0.6) is 5.75 Å². The molecule has 2 amide bonds. The molecule has 3 aromatic rings. The summed E-state index contributed by atoms with van der Waals surface area (Å²) in [7, 11) is 1.59. The van der Waals surface area contributed by atoms with E-state index in [9.17, 15) is 9.59 Å². The largest absolute Gasteiger partial charge is 0.497 e. The van der Waals surface area contributed by atoms with E-state index in [1.54, 1.807) is 31.4 Å². The Morgan fingerprint density at radius 2 is 1.55 bits per heavy atom. The minimum absolute atomic E-state index is 0.241. The Morgan fingerprint density at radius 3 is 2.24 bits per heavy atom. The summed E-state index contributed by atoms with van der Waals surface area (Å²) < 4.78 is 5.22. The summed E-state index contributed by atoms with van der Waals surface area (Å²) in [5.74, 6) is 0.0806. The van der Waals surface area contributed by atoms with E-state index in [1.807, 2.05) is 56.3 Å². The van der Waals surface area contributed by atoms with Crippen molar-refractivity contribution in [3.05, 3.63) is 78.0 Å². The molecule has 0 aromatic heterocycles. The van der Waals surface area contributed by atoms with Crippen LogP contribution in [-0.2, 0) is 9.59 Å². The van der Waals surface area contributed by atoms with Crippen LogP contribution in [0.15, 0.2) is 72.4 Å². The van der Waals surface area contributed by atoms with Gasteiger partial charge in [0.1, 0.15) is 11.4 Å². The molecule has 146 valence electrons. The van der Waals surface area contributed by atoms with Crippen LogP contribution in [0, 0.1) is 0 Å². The number of hydrogen-bond donors (Lipinski definition) is 1. The third-order valence-electron chi connectivity index (χ3n) is 5.06. The van der Waals surface area contributed by atoms with Gasteiger partial charge in [-0.25, -0.2) is 0 Å². The van der Waals surface area contributed by atoms with Crippen LogP contribution in [0.2, 0.25) is 0 Å². The Bertz CT molecular complexity index is 1130. The van der Waals surface area contributed by atoms with Gasteiger partial charge in [-0.05, 0) is 43.0 Å². The lowest BCUT2D eigenvalue weighted by Crippen LogP contribution is -2.38. The van der Waals surface area contributed by atoms with Gasteiger partial charge >= 0.3 is 0 Å². The molecule has 0 aliphatic carbocycles. The molecule has 0 unspecified atom stereocenters. The molecule has 4 rings (SSSR count). The summed E-state index contributed by atoms with van der Waals surface area (Å²) in [6.07, 6.45) is 0. The SMILES string of the molecule is COc1ccc(C2=C(Nc3cccc4ccccc34)C(=O)N(C(C)C)C2=O)cc1. The zero-order valence-electron chi connectivity index (χ0n) is 16.6. The van der Waals surface area contributed by atoms with Gasteiger partial charge < -0.3 is 10.1 Å². The summed E-state index contributed by atoms with van der Waals surface area (Å²) >= 11 is 0. The number of rotatable bonds is 5. The Hall–Kier alpha value is -3.60. The molecule has 0 saturated carbocycles. The standard InChI is InChI=1S/C24H22N2O3/c1-15(2)26-23(27)21(17-11-13-18(29-3)14-12-17)22(24(26)28)25-20-10-6-8-16-7-4-5-9-19(16)20/h4-15,25H,1-3H3. The normalized spacial score (nSPS) is 14.3. The number of carbonyl (C=O) groups excluding carboxylic acids is 2. The second-order valence-corrected chi connectivity index (χ2v) is 7.20. The molecule has 0 spiro atoms. The second-order valence-electron chi connectivity index (χ2n) is 7.20. The lowest BCUT2D eigenvalue weighted by Gasteiger charge is -2.19. The Kier molecular flexibility index (Phi) is 4.80. The predicted octanol–water partition coefficient (Wildman–Crippen LogP) is 4.45. The molecule has 5 heteroatoms. The van der Waals surface area contributed by atoms with Crippen molar-refractivity contribution in [2.45, 2.75) is 19.9 Å². The summed E-state index contributed by atoms with van der Waals surface area (Å²) in [6, 6.07) is 20.7. The zero-order chi connectivity index (χ0) is 20.5. The van der Waals surface area contributed by atoms with Gasteiger partial charge in [-0.15, -0.1) is 0 Å².